The molecule has 0 saturated carbocycles. The topological polar surface area (TPSA) is 83.8 Å². The molecule has 0 radical (unpaired) electrons. The Morgan fingerprint density at radius 2 is 2.04 bits per heavy atom. The van der Waals surface area contributed by atoms with Crippen molar-refractivity contribution in [2.75, 3.05) is 11.1 Å². The standard InChI is InChI=1S/C21H20N4O2S/c1-13(2)14-6-5-7-15(10-14)23-19(26)12-28-21-25-24-20(27-21)17-11-22-18-9-4-3-8-16(17)18/h3-11,13,22H,12H2,1-2H3,(H,23,26). The average molecular weight is 392 g/mol. The van der Waals surface area contributed by atoms with E-state index in [4.69, 9.17) is 4.42 Å². The zero-order valence-corrected chi connectivity index (χ0v) is 16.4. The summed E-state index contributed by atoms with van der Waals surface area (Å²) in [5.41, 5.74) is 3.84. The molecule has 2 N–H and O–H groups in total. The van der Waals surface area contributed by atoms with Gasteiger partial charge < -0.3 is 14.7 Å². The van der Waals surface area contributed by atoms with Crippen molar-refractivity contribution in [3.05, 3.63) is 60.3 Å². The second-order valence-corrected chi connectivity index (χ2v) is 7.66. The van der Waals surface area contributed by atoms with Gasteiger partial charge in [0.2, 0.25) is 5.91 Å². The van der Waals surface area contributed by atoms with E-state index in [1.54, 1.807) is 0 Å². The molecule has 0 aliphatic heterocycles. The molecule has 0 fully saturated rings. The number of hydrogen-bond donors (Lipinski definition) is 2. The Bertz CT molecular complexity index is 1120. The zero-order chi connectivity index (χ0) is 19.5. The van der Waals surface area contributed by atoms with Crippen LogP contribution in [-0.2, 0) is 4.79 Å². The summed E-state index contributed by atoms with van der Waals surface area (Å²) in [6.45, 7) is 4.25. The monoisotopic (exact) mass is 392 g/mol. The third-order valence-electron chi connectivity index (χ3n) is 4.39. The number of nitrogens with one attached hydrogen (secondary N) is 2. The van der Waals surface area contributed by atoms with E-state index in [-0.39, 0.29) is 11.7 Å². The summed E-state index contributed by atoms with van der Waals surface area (Å²) in [6.07, 6.45) is 1.85. The van der Waals surface area contributed by atoms with Gasteiger partial charge in [-0.05, 0) is 29.7 Å². The van der Waals surface area contributed by atoms with E-state index in [1.165, 1.54) is 17.3 Å². The van der Waals surface area contributed by atoms with Crippen molar-refractivity contribution in [1.82, 2.24) is 15.2 Å². The highest BCUT2D eigenvalue weighted by Gasteiger charge is 2.14. The van der Waals surface area contributed by atoms with Crippen LogP contribution in [0.4, 0.5) is 5.69 Å². The largest absolute Gasteiger partial charge is 0.411 e. The minimum Gasteiger partial charge on any atom is -0.411 e. The molecule has 0 spiro atoms. The minimum atomic E-state index is -0.113. The lowest BCUT2D eigenvalue weighted by molar-refractivity contribution is -0.113. The lowest BCUT2D eigenvalue weighted by atomic mass is 10.0. The van der Waals surface area contributed by atoms with E-state index in [2.05, 4.69) is 40.4 Å². The highest BCUT2D eigenvalue weighted by Crippen LogP contribution is 2.29. The van der Waals surface area contributed by atoms with Crippen molar-refractivity contribution < 1.29 is 9.21 Å². The molecule has 0 saturated heterocycles. The Balaban J connectivity index is 1.39. The summed E-state index contributed by atoms with van der Waals surface area (Å²) < 4.78 is 5.73. The highest BCUT2D eigenvalue weighted by atomic mass is 32.2. The molecule has 0 atom stereocenters. The quantitative estimate of drug-likeness (QED) is 0.448. The molecular weight excluding hydrogens is 372 g/mol. The molecule has 0 aliphatic carbocycles. The first kappa shape index (κ1) is 18.3. The number of aromatic nitrogens is 3. The maximum Gasteiger partial charge on any atom is 0.277 e. The average Bonchev–Trinajstić information content (AvgIpc) is 3.33. The fraction of sp³-hybridized carbons (Fsp3) is 0.190. The number of aromatic amines is 1. The number of hydrogen-bond acceptors (Lipinski definition) is 5. The van der Waals surface area contributed by atoms with Crippen LogP contribution >= 0.6 is 11.8 Å². The third kappa shape index (κ3) is 3.94. The van der Waals surface area contributed by atoms with Gasteiger partial charge in [-0.25, -0.2) is 0 Å². The van der Waals surface area contributed by atoms with Gasteiger partial charge in [0, 0.05) is 22.8 Å². The van der Waals surface area contributed by atoms with Crippen molar-refractivity contribution >= 4 is 34.3 Å². The molecule has 28 heavy (non-hydrogen) atoms. The molecule has 4 aromatic rings. The molecule has 2 aromatic carbocycles. The molecule has 6 nitrogen and oxygen atoms in total. The van der Waals surface area contributed by atoms with Crippen molar-refractivity contribution in [2.45, 2.75) is 25.0 Å². The van der Waals surface area contributed by atoms with Crippen LogP contribution in [-0.4, -0.2) is 26.8 Å². The van der Waals surface area contributed by atoms with Gasteiger partial charge in [0.05, 0.1) is 11.3 Å². The molecular formula is C21H20N4O2S. The van der Waals surface area contributed by atoms with Gasteiger partial charge in [0.25, 0.3) is 11.1 Å². The number of thioether (sulfide) groups is 1. The normalized spacial score (nSPS) is 11.2. The zero-order valence-electron chi connectivity index (χ0n) is 15.6. The Morgan fingerprint density at radius 1 is 1.18 bits per heavy atom. The molecule has 0 aliphatic rings. The molecule has 2 heterocycles. The summed E-state index contributed by atoms with van der Waals surface area (Å²) >= 11 is 1.22. The van der Waals surface area contributed by atoms with Crippen LogP contribution in [0.2, 0.25) is 0 Å². The summed E-state index contributed by atoms with van der Waals surface area (Å²) in [4.78, 5) is 15.4. The molecule has 4 rings (SSSR count). The van der Waals surface area contributed by atoms with E-state index >= 15 is 0 Å². The number of carbonyl (C=O) groups is 1. The van der Waals surface area contributed by atoms with Crippen LogP contribution in [0.3, 0.4) is 0 Å². The van der Waals surface area contributed by atoms with E-state index in [9.17, 15) is 4.79 Å². The maximum atomic E-state index is 12.3. The molecule has 0 bridgehead atoms. The summed E-state index contributed by atoms with van der Waals surface area (Å²) in [5, 5.41) is 12.5. The SMILES string of the molecule is CC(C)c1cccc(NC(=O)CSc2nnc(-c3c[nH]c4ccccc34)o2)c1. The van der Waals surface area contributed by atoms with Crippen molar-refractivity contribution in [1.29, 1.82) is 0 Å². The number of anilines is 1. The first-order valence-electron chi connectivity index (χ1n) is 9.03. The fourth-order valence-electron chi connectivity index (χ4n) is 2.93. The van der Waals surface area contributed by atoms with Crippen molar-refractivity contribution in [2.24, 2.45) is 0 Å². The smallest absolute Gasteiger partial charge is 0.277 e. The number of rotatable bonds is 6. The van der Waals surface area contributed by atoms with Gasteiger partial charge >= 0.3 is 0 Å². The highest BCUT2D eigenvalue weighted by molar-refractivity contribution is 7.99. The molecule has 7 heteroatoms. The lowest BCUT2D eigenvalue weighted by Crippen LogP contribution is -2.14. The van der Waals surface area contributed by atoms with Gasteiger partial charge in [-0.15, -0.1) is 10.2 Å². The Labute approximate surface area is 166 Å². The Hall–Kier alpha value is -3.06. The van der Waals surface area contributed by atoms with Crippen molar-refractivity contribution in [3.8, 4) is 11.5 Å². The van der Waals surface area contributed by atoms with Gasteiger partial charge in [-0.2, -0.15) is 0 Å². The first-order valence-corrected chi connectivity index (χ1v) is 10.0. The number of amides is 1. The van der Waals surface area contributed by atoms with Gasteiger partial charge in [0.1, 0.15) is 0 Å². The molecule has 2 aromatic heterocycles. The Kier molecular flexibility index (Phi) is 5.16. The predicted molar refractivity (Wildman–Crippen MR) is 111 cm³/mol. The fourth-order valence-corrected chi connectivity index (χ4v) is 3.49. The number of H-pyrrole nitrogens is 1. The van der Waals surface area contributed by atoms with Crippen LogP contribution in [0, 0.1) is 0 Å². The number of fused-ring (bicyclic) bond motifs is 1. The molecule has 0 unspecified atom stereocenters. The van der Waals surface area contributed by atoms with Crippen molar-refractivity contribution in [3.63, 3.8) is 0 Å². The molecule has 1 amide bonds. The predicted octanol–water partition coefficient (Wildman–Crippen LogP) is 5.07. The second kappa shape index (κ2) is 7.90. The maximum absolute atomic E-state index is 12.3. The van der Waals surface area contributed by atoms with Crippen LogP contribution in [0.5, 0.6) is 0 Å². The summed E-state index contributed by atoms with van der Waals surface area (Å²) in [6, 6.07) is 15.8. The van der Waals surface area contributed by atoms with E-state index < -0.39 is 0 Å². The summed E-state index contributed by atoms with van der Waals surface area (Å²) in [7, 11) is 0. The van der Waals surface area contributed by atoms with E-state index in [0.717, 1.165) is 22.2 Å². The second-order valence-electron chi connectivity index (χ2n) is 6.74. The van der Waals surface area contributed by atoms with E-state index in [0.29, 0.717) is 17.0 Å². The molecule has 142 valence electrons. The number of nitrogens with zero attached hydrogens (tertiary/aromatic N) is 2. The first-order chi connectivity index (χ1) is 13.6. The lowest BCUT2D eigenvalue weighted by Gasteiger charge is -2.09. The number of para-hydroxylation sites is 1. The van der Waals surface area contributed by atoms with Gasteiger partial charge in [-0.1, -0.05) is 55.9 Å². The van der Waals surface area contributed by atoms with Crippen LogP contribution < -0.4 is 5.32 Å². The van der Waals surface area contributed by atoms with Gasteiger partial charge in [0.15, 0.2) is 0 Å². The Morgan fingerprint density at radius 3 is 2.89 bits per heavy atom. The number of carbonyl (C=O) groups excluding carboxylic acids is 1. The van der Waals surface area contributed by atoms with E-state index in [1.807, 2.05) is 48.7 Å². The minimum absolute atomic E-state index is 0.113. The van der Waals surface area contributed by atoms with Crippen LogP contribution in [0.25, 0.3) is 22.4 Å². The van der Waals surface area contributed by atoms with Crippen LogP contribution in [0.1, 0.15) is 25.3 Å². The van der Waals surface area contributed by atoms with Gasteiger partial charge in [-0.3, -0.25) is 4.79 Å². The number of benzene rings is 2. The summed E-state index contributed by atoms with van der Waals surface area (Å²) in [5.74, 6) is 0.928. The third-order valence-corrected chi connectivity index (χ3v) is 5.21. The van der Waals surface area contributed by atoms with Crippen LogP contribution in [0.15, 0.2) is 64.4 Å².